The van der Waals surface area contributed by atoms with Crippen molar-refractivity contribution in [2.24, 2.45) is 0 Å². The molecule has 5 heteroatoms. The van der Waals surface area contributed by atoms with Gasteiger partial charge in [-0.3, -0.25) is 4.90 Å². The van der Waals surface area contributed by atoms with Crippen molar-refractivity contribution < 1.29 is 9.84 Å². The summed E-state index contributed by atoms with van der Waals surface area (Å²) in [7, 11) is 1.63. The van der Waals surface area contributed by atoms with E-state index < -0.39 is 6.10 Å². The maximum atomic E-state index is 11.5. The highest BCUT2D eigenvalue weighted by Crippen LogP contribution is 2.35. The van der Waals surface area contributed by atoms with E-state index in [1.807, 2.05) is 24.3 Å². The zero-order valence-electron chi connectivity index (χ0n) is 20.9. The number of aliphatic hydroxyl groups is 1. The van der Waals surface area contributed by atoms with E-state index in [2.05, 4.69) is 54.8 Å². The van der Waals surface area contributed by atoms with Crippen molar-refractivity contribution in [1.29, 1.82) is 0 Å². The number of fused-ring (bicyclic) bond motifs is 1. The number of rotatable bonds is 8. The zero-order valence-corrected chi connectivity index (χ0v) is 21.6. The highest BCUT2D eigenvalue weighted by Gasteiger charge is 2.30. The lowest BCUT2D eigenvalue weighted by atomic mass is 9.94. The Morgan fingerprint density at radius 2 is 1.79 bits per heavy atom. The molecule has 0 bridgehead atoms. The topological polar surface area (TPSA) is 35.9 Å². The summed E-state index contributed by atoms with van der Waals surface area (Å²) in [5, 5.41) is 14.1. The molecule has 1 saturated heterocycles. The van der Waals surface area contributed by atoms with Gasteiger partial charge in [0.25, 0.3) is 0 Å². The molecule has 1 N–H and O–H groups in total. The molecule has 0 radical (unpaired) electrons. The number of anilines is 1. The van der Waals surface area contributed by atoms with Crippen molar-refractivity contribution >= 4 is 28.1 Å². The Morgan fingerprint density at radius 3 is 2.50 bits per heavy atom. The lowest BCUT2D eigenvalue weighted by Crippen LogP contribution is -2.52. The van der Waals surface area contributed by atoms with Gasteiger partial charge in [0, 0.05) is 43.3 Å². The summed E-state index contributed by atoms with van der Waals surface area (Å²) in [4.78, 5) is 4.99. The van der Waals surface area contributed by atoms with Crippen LogP contribution in [0.5, 0.6) is 5.75 Å². The number of aryl methyl sites for hydroxylation is 1. The van der Waals surface area contributed by atoms with Crippen molar-refractivity contribution in [2.75, 3.05) is 38.2 Å². The third kappa shape index (κ3) is 5.05. The van der Waals surface area contributed by atoms with Crippen LogP contribution in [0, 0.1) is 13.8 Å². The Hall–Kier alpha value is -2.27. The van der Waals surface area contributed by atoms with Crippen LogP contribution in [0.1, 0.15) is 49.0 Å². The van der Waals surface area contributed by atoms with Gasteiger partial charge in [0.05, 0.1) is 18.2 Å². The molecule has 0 unspecified atom stereocenters. The minimum atomic E-state index is -0.538. The van der Waals surface area contributed by atoms with E-state index in [-0.39, 0.29) is 6.04 Å². The Morgan fingerprint density at radius 1 is 1.03 bits per heavy atom. The van der Waals surface area contributed by atoms with Crippen LogP contribution >= 0.6 is 11.6 Å². The highest BCUT2D eigenvalue weighted by molar-refractivity contribution is 6.37. The average molecular weight is 481 g/mol. The minimum Gasteiger partial charge on any atom is -0.495 e. The van der Waals surface area contributed by atoms with Gasteiger partial charge in [-0.2, -0.15) is 0 Å². The number of halogens is 1. The number of ether oxygens (including phenoxy) is 1. The van der Waals surface area contributed by atoms with E-state index in [9.17, 15) is 5.11 Å². The predicted octanol–water partition coefficient (Wildman–Crippen LogP) is 6.53. The number of methoxy groups -OCH3 is 1. The molecule has 1 fully saturated rings. The van der Waals surface area contributed by atoms with Gasteiger partial charge in [-0.05, 0) is 60.5 Å². The second kappa shape index (κ2) is 11.0. The molecule has 0 aliphatic carbocycles. The quantitative estimate of drug-likeness (QED) is 0.397. The first-order valence-electron chi connectivity index (χ1n) is 12.4. The number of unbranched alkanes of at least 4 members (excludes halogenated alkanes) is 1. The summed E-state index contributed by atoms with van der Waals surface area (Å²) in [6.45, 7) is 10.5. The van der Waals surface area contributed by atoms with Gasteiger partial charge in [0.1, 0.15) is 5.75 Å². The van der Waals surface area contributed by atoms with Crippen LogP contribution in [0.2, 0.25) is 5.02 Å². The zero-order chi connectivity index (χ0) is 24.2. The summed E-state index contributed by atoms with van der Waals surface area (Å²) in [6.07, 6.45) is 2.68. The largest absolute Gasteiger partial charge is 0.495 e. The molecular weight excluding hydrogens is 444 g/mol. The third-order valence-electron chi connectivity index (χ3n) is 7.42. The fourth-order valence-electron chi connectivity index (χ4n) is 5.18. The average Bonchev–Trinajstić information content (AvgIpc) is 2.86. The van der Waals surface area contributed by atoms with Gasteiger partial charge < -0.3 is 14.7 Å². The molecule has 0 amide bonds. The van der Waals surface area contributed by atoms with Gasteiger partial charge in [-0.1, -0.05) is 61.7 Å². The van der Waals surface area contributed by atoms with Gasteiger partial charge in [-0.25, -0.2) is 0 Å². The Kier molecular flexibility index (Phi) is 8.02. The van der Waals surface area contributed by atoms with E-state index >= 15 is 0 Å². The number of hydrogen-bond acceptors (Lipinski definition) is 4. The minimum absolute atomic E-state index is 0.104. The second-order valence-corrected chi connectivity index (χ2v) is 9.84. The van der Waals surface area contributed by atoms with Gasteiger partial charge >= 0.3 is 0 Å². The van der Waals surface area contributed by atoms with Crippen LogP contribution in [0.4, 0.5) is 5.69 Å². The number of hydrogen-bond donors (Lipinski definition) is 1. The molecule has 1 aliphatic rings. The molecule has 0 spiro atoms. The van der Waals surface area contributed by atoms with Crippen LogP contribution in [-0.2, 0) is 0 Å². The van der Waals surface area contributed by atoms with E-state index in [1.54, 1.807) is 7.11 Å². The summed E-state index contributed by atoms with van der Waals surface area (Å²) < 4.78 is 5.36. The van der Waals surface area contributed by atoms with Crippen molar-refractivity contribution in [3.05, 3.63) is 70.2 Å². The van der Waals surface area contributed by atoms with Crippen LogP contribution in [-0.4, -0.2) is 49.3 Å². The number of benzene rings is 3. The number of piperazine rings is 1. The molecule has 2 atom stereocenters. The molecule has 4 nitrogen and oxygen atoms in total. The summed E-state index contributed by atoms with van der Waals surface area (Å²) in [6, 6.07) is 16.7. The molecule has 0 aromatic heterocycles. The summed E-state index contributed by atoms with van der Waals surface area (Å²) >= 11 is 6.51. The van der Waals surface area contributed by atoms with Crippen LogP contribution < -0.4 is 9.64 Å². The first kappa shape index (κ1) is 24.8. The van der Waals surface area contributed by atoms with Crippen molar-refractivity contribution in [1.82, 2.24) is 4.90 Å². The number of nitrogens with zero attached hydrogens (tertiary/aromatic N) is 2. The van der Waals surface area contributed by atoms with E-state index in [0.29, 0.717) is 10.8 Å². The van der Waals surface area contributed by atoms with E-state index in [4.69, 9.17) is 16.3 Å². The van der Waals surface area contributed by atoms with Crippen LogP contribution in [0.15, 0.2) is 48.5 Å². The Bertz CT molecular complexity index is 1120. The molecule has 182 valence electrons. The van der Waals surface area contributed by atoms with E-state index in [0.717, 1.165) is 61.8 Å². The second-order valence-electron chi connectivity index (χ2n) is 9.46. The molecule has 3 aromatic carbocycles. The number of aliphatic hydroxyl groups excluding tert-OH is 1. The first-order valence-corrected chi connectivity index (χ1v) is 12.8. The maximum Gasteiger partial charge on any atom is 0.138 e. The Labute approximate surface area is 209 Å². The highest BCUT2D eigenvalue weighted by atomic mass is 35.5. The van der Waals surface area contributed by atoms with E-state index in [1.165, 1.54) is 16.8 Å². The molecule has 1 heterocycles. The maximum absolute atomic E-state index is 11.5. The lowest BCUT2D eigenvalue weighted by Gasteiger charge is -2.42. The normalized spacial score (nSPS) is 16.6. The first-order chi connectivity index (χ1) is 16.4. The predicted molar refractivity (Wildman–Crippen MR) is 143 cm³/mol. The van der Waals surface area contributed by atoms with Gasteiger partial charge in [0.15, 0.2) is 0 Å². The standard InChI is InChI=1S/C29H37ClN2O2/c1-5-6-9-26(32-17-15-31(16-18-32)25-10-7-8-20(2)21(25)3)29(33)23-11-13-24-22(19-23)12-14-27(34-4)28(24)30/h7-8,10-14,19,26,29,33H,5-6,9,15-18H2,1-4H3/t26-,29-/m1/s1. The fourth-order valence-corrected chi connectivity index (χ4v) is 5.49. The van der Waals surface area contributed by atoms with Crippen molar-refractivity contribution in [3.63, 3.8) is 0 Å². The molecule has 1 aliphatic heterocycles. The Balaban J connectivity index is 1.53. The molecule has 4 rings (SSSR count). The molecule has 34 heavy (non-hydrogen) atoms. The van der Waals surface area contributed by atoms with Crippen LogP contribution in [0.25, 0.3) is 10.8 Å². The van der Waals surface area contributed by atoms with Crippen molar-refractivity contribution in [3.8, 4) is 5.75 Å². The fraction of sp³-hybridized carbons (Fsp3) is 0.448. The monoisotopic (exact) mass is 480 g/mol. The van der Waals surface area contributed by atoms with Crippen molar-refractivity contribution in [2.45, 2.75) is 52.2 Å². The lowest BCUT2D eigenvalue weighted by molar-refractivity contribution is 0.0386. The third-order valence-corrected chi connectivity index (χ3v) is 7.81. The summed E-state index contributed by atoms with van der Waals surface area (Å²) in [5.74, 6) is 0.671. The molecule has 3 aromatic rings. The SMILES string of the molecule is CCCC[C@H]([C@H](O)c1ccc2c(Cl)c(OC)ccc2c1)N1CCN(c2cccc(C)c2C)CC1. The smallest absolute Gasteiger partial charge is 0.138 e. The molecule has 0 saturated carbocycles. The van der Waals surface area contributed by atoms with Gasteiger partial charge in [0.2, 0.25) is 0 Å². The van der Waals surface area contributed by atoms with Crippen LogP contribution in [0.3, 0.4) is 0 Å². The van der Waals surface area contributed by atoms with Gasteiger partial charge in [-0.15, -0.1) is 0 Å². The summed E-state index contributed by atoms with van der Waals surface area (Å²) in [5.41, 5.74) is 4.99. The molecular formula is C29H37ClN2O2.